The minimum Gasteiger partial charge on any atom is -0.381 e. The lowest BCUT2D eigenvalue weighted by atomic mass is 10.1. The first-order valence-corrected chi connectivity index (χ1v) is 8.11. The average Bonchev–Trinajstić information content (AvgIpc) is 2.96. The van der Waals surface area contributed by atoms with E-state index in [1.54, 1.807) is 11.3 Å². The van der Waals surface area contributed by atoms with E-state index >= 15 is 0 Å². The molecular weight excluding hydrogens is 312 g/mol. The number of hydrogen-bond donors (Lipinski definition) is 1. The fourth-order valence-corrected chi connectivity index (χ4v) is 3.34. The van der Waals surface area contributed by atoms with Crippen LogP contribution >= 0.6 is 27.3 Å². The van der Waals surface area contributed by atoms with Crippen LogP contribution in [0, 0.1) is 5.92 Å². The summed E-state index contributed by atoms with van der Waals surface area (Å²) < 4.78 is 6.58. The van der Waals surface area contributed by atoms with Crippen LogP contribution in [0.3, 0.4) is 0 Å². The molecule has 1 saturated heterocycles. The van der Waals surface area contributed by atoms with Gasteiger partial charge in [-0.15, -0.1) is 11.3 Å². The van der Waals surface area contributed by atoms with Gasteiger partial charge in [0, 0.05) is 32.8 Å². The minimum atomic E-state index is 0.725. The third-order valence-electron chi connectivity index (χ3n) is 3.20. The van der Waals surface area contributed by atoms with E-state index in [1.165, 1.54) is 15.8 Å². The van der Waals surface area contributed by atoms with Gasteiger partial charge in [-0.25, -0.2) is 0 Å². The topological polar surface area (TPSA) is 24.5 Å². The Morgan fingerprint density at radius 3 is 3.17 bits per heavy atom. The van der Waals surface area contributed by atoms with Crippen LogP contribution in [-0.2, 0) is 11.3 Å². The molecule has 0 spiro atoms. The predicted octanol–water partition coefficient (Wildman–Crippen LogP) is 2.57. The lowest BCUT2D eigenvalue weighted by molar-refractivity contribution is 0.185. The SMILES string of the molecule is CN(CCNCC1CCOC1)Cc1csc(Br)c1. The van der Waals surface area contributed by atoms with Gasteiger partial charge in [-0.1, -0.05) is 0 Å². The first kappa shape index (κ1) is 14.5. The quantitative estimate of drug-likeness (QED) is 0.776. The zero-order valence-electron chi connectivity index (χ0n) is 10.8. The van der Waals surface area contributed by atoms with Gasteiger partial charge < -0.3 is 15.0 Å². The Bertz CT molecular complexity index is 353. The highest BCUT2D eigenvalue weighted by atomic mass is 79.9. The molecule has 0 amide bonds. The maximum Gasteiger partial charge on any atom is 0.0701 e. The van der Waals surface area contributed by atoms with Gasteiger partial charge in [0.05, 0.1) is 10.4 Å². The van der Waals surface area contributed by atoms with Crippen molar-refractivity contribution in [2.24, 2.45) is 5.92 Å². The number of thiophene rings is 1. The van der Waals surface area contributed by atoms with E-state index in [4.69, 9.17) is 4.74 Å². The van der Waals surface area contributed by atoms with Crippen LogP contribution in [0.1, 0.15) is 12.0 Å². The van der Waals surface area contributed by atoms with Crippen molar-refractivity contribution in [1.29, 1.82) is 0 Å². The van der Waals surface area contributed by atoms with Gasteiger partial charge in [0.1, 0.15) is 0 Å². The van der Waals surface area contributed by atoms with Crippen LogP contribution in [0.4, 0.5) is 0 Å². The normalized spacial score (nSPS) is 19.8. The maximum absolute atomic E-state index is 5.36. The van der Waals surface area contributed by atoms with Crippen LogP contribution in [-0.4, -0.2) is 44.8 Å². The van der Waals surface area contributed by atoms with E-state index in [-0.39, 0.29) is 0 Å². The molecular formula is C13H21BrN2OS. The van der Waals surface area contributed by atoms with Crippen molar-refractivity contribution in [3.8, 4) is 0 Å². The lowest BCUT2D eigenvalue weighted by Gasteiger charge is -2.17. The van der Waals surface area contributed by atoms with Gasteiger partial charge in [0.15, 0.2) is 0 Å². The third kappa shape index (κ3) is 4.97. The highest BCUT2D eigenvalue weighted by Crippen LogP contribution is 2.21. The predicted molar refractivity (Wildman–Crippen MR) is 80.1 cm³/mol. The van der Waals surface area contributed by atoms with Crippen molar-refractivity contribution in [2.45, 2.75) is 13.0 Å². The Morgan fingerprint density at radius 1 is 1.61 bits per heavy atom. The number of nitrogens with one attached hydrogen (secondary N) is 1. The fraction of sp³-hybridized carbons (Fsp3) is 0.692. The Hall–Kier alpha value is 0.0600. The zero-order chi connectivity index (χ0) is 12.8. The Labute approximate surface area is 122 Å². The zero-order valence-corrected chi connectivity index (χ0v) is 13.2. The number of likely N-dealkylation sites (N-methyl/N-ethyl adjacent to an activating group) is 1. The van der Waals surface area contributed by atoms with Gasteiger partial charge in [0.25, 0.3) is 0 Å². The van der Waals surface area contributed by atoms with Crippen LogP contribution < -0.4 is 5.32 Å². The summed E-state index contributed by atoms with van der Waals surface area (Å²) in [5, 5.41) is 5.73. The molecule has 18 heavy (non-hydrogen) atoms. The molecule has 1 aromatic heterocycles. The molecule has 0 aromatic carbocycles. The Kier molecular flexibility index (Phi) is 6.11. The van der Waals surface area contributed by atoms with E-state index in [9.17, 15) is 0 Å². The van der Waals surface area contributed by atoms with Crippen LogP contribution in [0.2, 0.25) is 0 Å². The second-order valence-corrected chi connectivity index (χ2v) is 7.22. The molecule has 1 aliphatic heterocycles. The molecule has 1 aliphatic rings. The van der Waals surface area contributed by atoms with Gasteiger partial charge in [-0.05, 0) is 52.3 Å². The molecule has 1 fully saturated rings. The lowest BCUT2D eigenvalue weighted by Crippen LogP contribution is -2.31. The van der Waals surface area contributed by atoms with E-state index in [2.05, 4.69) is 44.6 Å². The summed E-state index contributed by atoms with van der Waals surface area (Å²) in [5.74, 6) is 0.725. The van der Waals surface area contributed by atoms with Crippen LogP contribution in [0.15, 0.2) is 15.2 Å². The summed E-state index contributed by atoms with van der Waals surface area (Å²) in [5.41, 5.74) is 1.39. The molecule has 1 aromatic rings. The monoisotopic (exact) mass is 332 g/mol. The van der Waals surface area contributed by atoms with Gasteiger partial charge in [0.2, 0.25) is 0 Å². The summed E-state index contributed by atoms with van der Waals surface area (Å²) in [6.45, 7) is 6.14. The smallest absolute Gasteiger partial charge is 0.0701 e. The van der Waals surface area contributed by atoms with Crippen molar-refractivity contribution >= 4 is 27.3 Å². The minimum absolute atomic E-state index is 0.725. The maximum atomic E-state index is 5.36. The number of nitrogens with zero attached hydrogens (tertiary/aromatic N) is 1. The molecule has 102 valence electrons. The molecule has 5 heteroatoms. The molecule has 0 bridgehead atoms. The van der Waals surface area contributed by atoms with E-state index < -0.39 is 0 Å². The summed E-state index contributed by atoms with van der Waals surface area (Å²) in [6, 6.07) is 2.20. The largest absolute Gasteiger partial charge is 0.381 e. The fourth-order valence-electron chi connectivity index (χ4n) is 2.14. The molecule has 1 atom stereocenters. The van der Waals surface area contributed by atoms with Crippen molar-refractivity contribution in [1.82, 2.24) is 10.2 Å². The van der Waals surface area contributed by atoms with Gasteiger partial charge in [-0.3, -0.25) is 0 Å². The van der Waals surface area contributed by atoms with Gasteiger partial charge >= 0.3 is 0 Å². The first-order valence-electron chi connectivity index (χ1n) is 6.44. The van der Waals surface area contributed by atoms with Gasteiger partial charge in [-0.2, -0.15) is 0 Å². The number of halogens is 1. The van der Waals surface area contributed by atoms with Crippen molar-refractivity contribution in [3.63, 3.8) is 0 Å². The van der Waals surface area contributed by atoms with Crippen molar-refractivity contribution in [2.75, 3.05) is 39.9 Å². The Balaban J connectivity index is 1.55. The molecule has 0 saturated carbocycles. The number of hydrogen-bond acceptors (Lipinski definition) is 4. The Morgan fingerprint density at radius 2 is 2.50 bits per heavy atom. The molecule has 2 heterocycles. The molecule has 0 aliphatic carbocycles. The van der Waals surface area contributed by atoms with E-state index in [0.29, 0.717) is 0 Å². The second kappa shape index (κ2) is 7.60. The molecule has 0 radical (unpaired) electrons. The molecule has 1 unspecified atom stereocenters. The molecule has 2 rings (SSSR count). The highest BCUT2D eigenvalue weighted by Gasteiger charge is 2.14. The summed E-state index contributed by atoms with van der Waals surface area (Å²) in [7, 11) is 2.17. The summed E-state index contributed by atoms with van der Waals surface area (Å²) >= 11 is 5.25. The van der Waals surface area contributed by atoms with E-state index in [0.717, 1.165) is 45.3 Å². The highest BCUT2D eigenvalue weighted by molar-refractivity contribution is 9.11. The van der Waals surface area contributed by atoms with Crippen LogP contribution in [0.25, 0.3) is 0 Å². The van der Waals surface area contributed by atoms with E-state index in [1.807, 2.05) is 0 Å². The first-order chi connectivity index (χ1) is 8.74. The summed E-state index contributed by atoms with van der Waals surface area (Å²) in [6.07, 6.45) is 1.21. The third-order valence-corrected chi connectivity index (χ3v) is 4.75. The second-order valence-electron chi connectivity index (χ2n) is 4.93. The van der Waals surface area contributed by atoms with Crippen LogP contribution in [0.5, 0.6) is 0 Å². The average molecular weight is 333 g/mol. The molecule has 3 nitrogen and oxygen atoms in total. The number of ether oxygens (including phenoxy) is 1. The standard InChI is InChI=1S/C13H21BrN2OS/c1-16(8-12-6-13(14)18-10-12)4-3-15-7-11-2-5-17-9-11/h6,10-11,15H,2-5,7-9H2,1H3. The summed E-state index contributed by atoms with van der Waals surface area (Å²) in [4.78, 5) is 2.35. The van der Waals surface area contributed by atoms with Crippen molar-refractivity contribution in [3.05, 3.63) is 20.8 Å². The van der Waals surface area contributed by atoms with Crippen molar-refractivity contribution < 1.29 is 4.74 Å². The number of rotatable bonds is 7. The molecule has 1 N–H and O–H groups in total.